The highest BCUT2D eigenvalue weighted by atomic mass is 35.5. The third-order valence-corrected chi connectivity index (χ3v) is 2.79. The lowest BCUT2D eigenvalue weighted by Gasteiger charge is -2.09. The summed E-state index contributed by atoms with van der Waals surface area (Å²) in [6.45, 7) is 0. The highest BCUT2D eigenvalue weighted by Gasteiger charge is 2.20. The van der Waals surface area contributed by atoms with Crippen molar-refractivity contribution in [1.82, 2.24) is 0 Å². The molecular weight excluding hydrogens is 284 g/mol. The van der Waals surface area contributed by atoms with Crippen molar-refractivity contribution in [1.29, 1.82) is 0 Å². The minimum absolute atomic E-state index is 0.112. The summed E-state index contributed by atoms with van der Waals surface area (Å²) in [5.74, 6) is -0.335. The summed E-state index contributed by atoms with van der Waals surface area (Å²) < 4.78 is 29.0. The van der Waals surface area contributed by atoms with Crippen LogP contribution in [0.1, 0.15) is 5.56 Å². The summed E-state index contributed by atoms with van der Waals surface area (Å²) in [6.07, 6.45) is 10.4. The van der Waals surface area contributed by atoms with Gasteiger partial charge in [0.25, 0.3) is 0 Å². The molecule has 6 heteroatoms. The predicted octanol–water partition coefficient (Wildman–Crippen LogP) is 4.59. The summed E-state index contributed by atoms with van der Waals surface area (Å²) in [5.41, 5.74) is 0.996. The van der Waals surface area contributed by atoms with Gasteiger partial charge in [0.1, 0.15) is 11.5 Å². The van der Waals surface area contributed by atoms with Gasteiger partial charge in [0, 0.05) is 5.02 Å². The second-order valence-corrected chi connectivity index (χ2v) is 4.39. The average Bonchev–Trinajstić information content (AvgIpc) is 2.90. The van der Waals surface area contributed by atoms with E-state index in [-0.39, 0.29) is 17.1 Å². The van der Waals surface area contributed by atoms with Crippen LogP contribution >= 0.6 is 11.6 Å². The molecule has 0 saturated carbocycles. The Balaban J connectivity index is 2.32. The number of halogens is 3. The molecule has 0 unspecified atom stereocenters. The zero-order valence-electron chi connectivity index (χ0n) is 10.3. The number of rotatable bonds is 4. The Labute approximate surface area is 120 Å². The largest absolute Gasteiger partial charge is 0.796 e. The fourth-order valence-corrected chi connectivity index (χ4v) is 1.84. The van der Waals surface area contributed by atoms with Gasteiger partial charge in [-0.25, -0.2) is 8.63 Å². The van der Waals surface area contributed by atoms with Crippen molar-refractivity contribution >= 4 is 24.8 Å². The van der Waals surface area contributed by atoms with Crippen LogP contribution in [-0.2, 0) is 0 Å². The second kappa shape index (κ2) is 6.43. The van der Waals surface area contributed by atoms with E-state index in [9.17, 15) is 13.7 Å². The first-order valence-corrected chi connectivity index (χ1v) is 6.14. The van der Waals surface area contributed by atoms with Crippen LogP contribution in [0.5, 0.6) is 5.75 Å². The molecule has 102 valence electrons. The molecule has 0 bridgehead atoms. The van der Waals surface area contributed by atoms with Gasteiger partial charge in [0.15, 0.2) is 0 Å². The molecular formula is C14H10BClF2O2. The number of aliphatic hydroxyl groups excluding tert-OH is 1. The molecule has 0 amide bonds. The molecule has 0 aromatic heterocycles. The molecule has 0 saturated heterocycles. The van der Waals surface area contributed by atoms with E-state index in [1.165, 1.54) is 24.3 Å². The van der Waals surface area contributed by atoms with Gasteiger partial charge in [-0.15, -0.1) is 0 Å². The molecule has 0 aliphatic heterocycles. The van der Waals surface area contributed by atoms with Crippen LogP contribution in [-0.4, -0.2) is 12.6 Å². The average molecular weight is 294 g/mol. The van der Waals surface area contributed by atoms with Gasteiger partial charge >= 0.3 is 7.47 Å². The summed E-state index contributed by atoms with van der Waals surface area (Å²) in [4.78, 5) is 0. The Morgan fingerprint density at radius 3 is 2.60 bits per heavy atom. The molecule has 0 heterocycles. The summed E-state index contributed by atoms with van der Waals surface area (Å²) in [6, 6.07) is 4.07. The summed E-state index contributed by atoms with van der Waals surface area (Å²) in [7, 11) is -2.97. The molecule has 0 atom stereocenters. The summed E-state index contributed by atoms with van der Waals surface area (Å²) in [5, 5.41) is 10.3. The van der Waals surface area contributed by atoms with Gasteiger partial charge in [-0.3, -0.25) is 0 Å². The number of allylic oxidation sites excluding steroid dienone is 7. The third kappa shape index (κ3) is 3.74. The monoisotopic (exact) mass is 294 g/mol. The van der Waals surface area contributed by atoms with Gasteiger partial charge in [-0.2, -0.15) is 0 Å². The topological polar surface area (TPSA) is 29.5 Å². The van der Waals surface area contributed by atoms with E-state index < -0.39 is 7.47 Å². The number of benzene rings is 1. The third-order valence-electron chi connectivity index (χ3n) is 2.56. The molecule has 1 N–H and O–H groups in total. The van der Waals surface area contributed by atoms with Crippen molar-refractivity contribution in [3.63, 3.8) is 0 Å². The summed E-state index contributed by atoms with van der Waals surface area (Å²) >= 11 is 5.81. The highest BCUT2D eigenvalue weighted by molar-refractivity contribution is 6.35. The van der Waals surface area contributed by atoms with Crippen LogP contribution in [0, 0.1) is 0 Å². The van der Waals surface area contributed by atoms with Crippen molar-refractivity contribution in [2.24, 2.45) is 0 Å². The van der Waals surface area contributed by atoms with E-state index >= 15 is 0 Å². The first kappa shape index (κ1) is 14.4. The number of aliphatic hydroxyl groups is 1. The van der Waals surface area contributed by atoms with Crippen LogP contribution in [0.25, 0.3) is 5.76 Å². The van der Waals surface area contributed by atoms with Crippen LogP contribution < -0.4 is 4.65 Å². The molecule has 0 radical (unpaired) electrons. The van der Waals surface area contributed by atoms with Gasteiger partial charge in [0.05, 0.1) is 5.56 Å². The fraction of sp³-hybridized carbons (Fsp3) is 0. The molecule has 0 spiro atoms. The van der Waals surface area contributed by atoms with Crippen molar-refractivity contribution in [2.45, 2.75) is 0 Å². The second-order valence-electron chi connectivity index (χ2n) is 3.96. The number of hydrogen-bond acceptors (Lipinski definition) is 2. The first-order chi connectivity index (χ1) is 9.56. The maximum absolute atomic E-state index is 12.3. The van der Waals surface area contributed by atoms with E-state index in [2.05, 4.69) is 4.65 Å². The van der Waals surface area contributed by atoms with Gasteiger partial charge in [0.2, 0.25) is 0 Å². The molecule has 1 aromatic rings. The maximum Gasteiger partial charge on any atom is 0.796 e. The molecule has 20 heavy (non-hydrogen) atoms. The van der Waals surface area contributed by atoms with E-state index in [0.29, 0.717) is 5.02 Å². The molecule has 1 aromatic carbocycles. The molecule has 0 fully saturated rings. The maximum atomic E-state index is 12.3. The Bertz CT molecular complexity index is 608. The van der Waals surface area contributed by atoms with Gasteiger partial charge < -0.3 is 9.76 Å². The molecule has 1 aliphatic rings. The van der Waals surface area contributed by atoms with E-state index in [0.717, 1.165) is 5.57 Å². The van der Waals surface area contributed by atoms with E-state index in [1.807, 2.05) is 24.3 Å². The normalized spacial score (nSPS) is 13.8. The van der Waals surface area contributed by atoms with Crippen LogP contribution in [0.15, 0.2) is 60.2 Å². The zero-order valence-corrected chi connectivity index (χ0v) is 11.0. The van der Waals surface area contributed by atoms with E-state index in [4.69, 9.17) is 11.6 Å². The lowest BCUT2D eigenvalue weighted by atomic mass is 10.1. The minimum atomic E-state index is -2.97. The Hall–Kier alpha value is -2.01. The van der Waals surface area contributed by atoms with Gasteiger partial charge in [-0.1, -0.05) is 42.0 Å². The Kier molecular flexibility index (Phi) is 4.63. The molecule has 2 rings (SSSR count). The SMILES string of the molecule is OC(=CC=C1C=CC=C1)c1cc(Cl)ccc1OB(F)F. The quantitative estimate of drug-likeness (QED) is 0.650. The zero-order chi connectivity index (χ0) is 14.5. The lowest BCUT2D eigenvalue weighted by molar-refractivity contribution is 0.421. The Morgan fingerprint density at radius 2 is 1.95 bits per heavy atom. The van der Waals surface area contributed by atoms with Crippen molar-refractivity contribution in [3.05, 3.63) is 70.8 Å². The smallest absolute Gasteiger partial charge is 0.507 e. The number of hydrogen-bond donors (Lipinski definition) is 1. The molecule has 2 nitrogen and oxygen atoms in total. The van der Waals surface area contributed by atoms with Crippen LogP contribution in [0.3, 0.4) is 0 Å². The van der Waals surface area contributed by atoms with Crippen molar-refractivity contribution in [2.75, 3.05) is 0 Å². The van der Waals surface area contributed by atoms with Crippen molar-refractivity contribution < 1.29 is 18.4 Å². The standard InChI is InChI=1S/C14H10BClF2O2/c16-11-6-8-14(20-15(17)18)12(9-11)13(19)7-5-10-3-1-2-4-10/h1-9,19H. The highest BCUT2D eigenvalue weighted by Crippen LogP contribution is 2.29. The van der Waals surface area contributed by atoms with Gasteiger partial charge in [-0.05, 0) is 29.8 Å². The fourth-order valence-electron chi connectivity index (χ4n) is 1.67. The van der Waals surface area contributed by atoms with Crippen LogP contribution in [0.4, 0.5) is 8.63 Å². The van der Waals surface area contributed by atoms with E-state index in [1.54, 1.807) is 6.08 Å². The van der Waals surface area contributed by atoms with Crippen molar-refractivity contribution in [3.8, 4) is 5.75 Å². The minimum Gasteiger partial charge on any atom is -0.507 e. The lowest BCUT2D eigenvalue weighted by Crippen LogP contribution is -2.09. The first-order valence-electron chi connectivity index (χ1n) is 5.76. The Morgan fingerprint density at radius 1 is 1.25 bits per heavy atom. The van der Waals surface area contributed by atoms with Crippen LogP contribution in [0.2, 0.25) is 5.02 Å². The molecule has 1 aliphatic carbocycles. The predicted molar refractivity (Wildman–Crippen MR) is 77.0 cm³/mol.